The maximum absolute atomic E-state index is 13.8. The molecule has 5 rings (SSSR count). The Labute approximate surface area is 195 Å². The Bertz CT molecular complexity index is 1370. The van der Waals surface area contributed by atoms with Gasteiger partial charge in [0.25, 0.3) is 0 Å². The lowest BCUT2D eigenvalue weighted by Gasteiger charge is -2.36. The second-order valence-electron chi connectivity index (χ2n) is 7.77. The fourth-order valence-electron chi connectivity index (χ4n) is 3.73. The number of H-pyrrole nitrogens is 1. The first-order chi connectivity index (χ1) is 15.7. The predicted molar refractivity (Wildman–Crippen MR) is 123 cm³/mol. The number of rotatable bonds is 4. The average molecular weight is 492 g/mol. The first-order valence-electron chi connectivity index (χ1n) is 9.91. The molecular weight excluding hydrogens is 475 g/mol. The third-order valence-corrected chi connectivity index (χ3v) is 6.77. The van der Waals surface area contributed by atoms with E-state index in [1.54, 1.807) is 24.4 Å². The van der Waals surface area contributed by atoms with Gasteiger partial charge in [-0.2, -0.15) is 23.3 Å². The molecule has 2 aromatic heterocycles. The smallest absolute Gasteiger partial charge is 0.417 e. The van der Waals surface area contributed by atoms with Gasteiger partial charge in [0.05, 0.1) is 17.3 Å². The maximum Gasteiger partial charge on any atom is 0.417 e. The Morgan fingerprint density at radius 2 is 2.03 bits per heavy atom. The number of halogens is 4. The van der Waals surface area contributed by atoms with Crippen LogP contribution in [-0.2, 0) is 6.18 Å². The number of aromatic amines is 1. The van der Waals surface area contributed by atoms with E-state index < -0.39 is 11.7 Å². The highest BCUT2D eigenvalue weighted by Gasteiger charge is 2.34. The number of hydrogen-bond acceptors (Lipinski definition) is 6. The van der Waals surface area contributed by atoms with E-state index in [4.69, 9.17) is 17.3 Å². The molecule has 33 heavy (non-hydrogen) atoms. The zero-order chi connectivity index (χ0) is 23.3. The van der Waals surface area contributed by atoms with Crippen molar-refractivity contribution in [2.75, 3.05) is 18.0 Å². The van der Waals surface area contributed by atoms with Crippen molar-refractivity contribution >= 4 is 50.6 Å². The molecule has 1 fully saturated rings. The van der Waals surface area contributed by atoms with Gasteiger partial charge < -0.3 is 15.7 Å². The van der Waals surface area contributed by atoms with Gasteiger partial charge in [0.15, 0.2) is 5.13 Å². The molecule has 0 saturated carbocycles. The van der Waals surface area contributed by atoms with Crippen LogP contribution in [0.25, 0.3) is 22.6 Å². The third kappa shape index (κ3) is 4.17. The molecule has 6 nitrogen and oxygen atoms in total. The highest BCUT2D eigenvalue weighted by atomic mass is 35.5. The quantitative estimate of drug-likeness (QED) is 0.344. The second kappa shape index (κ2) is 8.05. The number of thiazole rings is 1. The van der Waals surface area contributed by atoms with Gasteiger partial charge in [-0.05, 0) is 41.5 Å². The predicted octanol–water partition coefficient (Wildman–Crippen LogP) is 5.13. The van der Waals surface area contributed by atoms with Crippen molar-refractivity contribution in [3.63, 3.8) is 0 Å². The number of aromatic hydroxyl groups is 1. The first kappa shape index (κ1) is 21.7. The summed E-state index contributed by atoms with van der Waals surface area (Å²) in [5.41, 5.74) is 6.70. The largest absolute Gasteiger partial charge is 0.492 e. The van der Waals surface area contributed by atoms with Crippen LogP contribution in [-0.4, -0.2) is 39.4 Å². The summed E-state index contributed by atoms with van der Waals surface area (Å²) in [6.07, 6.45) is -1.58. The minimum absolute atomic E-state index is 0.0158. The molecule has 0 unspecified atom stereocenters. The zero-order valence-corrected chi connectivity index (χ0v) is 18.5. The van der Waals surface area contributed by atoms with Crippen molar-refractivity contribution in [1.29, 1.82) is 0 Å². The molecule has 3 heterocycles. The Morgan fingerprint density at radius 1 is 1.24 bits per heavy atom. The molecule has 0 spiro atoms. The molecule has 0 atom stereocenters. The van der Waals surface area contributed by atoms with E-state index >= 15 is 0 Å². The molecule has 0 bridgehead atoms. The standard InChI is InChI=1S/C22H17ClF3N5OS/c23-14-3-1-12(17(7-14)22(24,25)26)6-16(11-2-4-18-13(5-11)8-28-30-18)19-20(32)29-21(33-19)31-9-15(27)10-31/h1-8,15,32H,9-10,27H2,(H,28,30). The minimum atomic E-state index is -4.61. The van der Waals surface area contributed by atoms with E-state index in [0.29, 0.717) is 34.2 Å². The Balaban J connectivity index is 1.69. The van der Waals surface area contributed by atoms with Crippen LogP contribution in [0.4, 0.5) is 18.3 Å². The highest BCUT2D eigenvalue weighted by molar-refractivity contribution is 7.17. The van der Waals surface area contributed by atoms with Crippen LogP contribution in [0.3, 0.4) is 0 Å². The van der Waals surface area contributed by atoms with E-state index in [-0.39, 0.29) is 22.5 Å². The van der Waals surface area contributed by atoms with Crippen molar-refractivity contribution in [2.24, 2.45) is 5.73 Å². The molecule has 4 N–H and O–H groups in total. The van der Waals surface area contributed by atoms with Crippen LogP contribution in [0.5, 0.6) is 5.88 Å². The summed E-state index contributed by atoms with van der Waals surface area (Å²) in [4.78, 5) is 6.51. The number of aromatic nitrogens is 3. The van der Waals surface area contributed by atoms with Gasteiger partial charge in [-0.25, -0.2) is 0 Å². The number of anilines is 1. The summed E-state index contributed by atoms with van der Waals surface area (Å²) in [5.74, 6) is -0.253. The van der Waals surface area contributed by atoms with Crippen LogP contribution in [0.15, 0.2) is 42.6 Å². The van der Waals surface area contributed by atoms with E-state index in [0.717, 1.165) is 17.0 Å². The van der Waals surface area contributed by atoms with Gasteiger partial charge in [-0.3, -0.25) is 5.10 Å². The summed E-state index contributed by atoms with van der Waals surface area (Å²) < 4.78 is 41.3. The molecule has 170 valence electrons. The number of nitrogens with one attached hydrogen (secondary N) is 1. The molecular formula is C22H17ClF3N5OS. The fraction of sp³-hybridized carbons (Fsp3) is 0.182. The Hall–Kier alpha value is -3.08. The van der Waals surface area contributed by atoms with Crippen molar-refractivity contribution < 1.29 is 18.3 Å². The second-order valence-corrected chi connectivity index (χ2v) is 9.19. The zero-order valence-electron chi connectivity index (χ0n) is 16.9. The summed E-state index contributed by atoms with van der Waals surface area (Å²) in [7, 11) is 0. The van der Waals surface area contributed by atoms with E-state index in [1.165, 1.54) is 29.5 Å². The fourth-order valence-corrected chi connectivity index (χ4v) is 4.91. The minimum Gasteiger partial charge on any atom is -0.492 e. The van der Waals surface area contributed by atoms with Crippen LogP contribution in [0, 0.1) is 0 Å². The van der Waals surface area contributed by atoms with Crippen molar-refractivity contribution in [3.05, 3.63) is 69.2 Å². The number of nitrogens with two attached hydrogens (primary N) is 1. The lowest BCUT2D eigenvalue weighted by atomic mass is 9.98. The van der Waals surface area contributed by atoms with Gasteiger partial charge in [0.1, 0.15) is 4.88 Å². The van der Waals surface area contributed by atoms with Crippen molar-refractivity contribution in [2.45, 2.75) is 12.2 Å². The molecule has 1 aliphatic heterocycles. The van der Waals surface area contributed by atoms with E-state index in [9.17, 15) is 18.3 Å². The monoisotopic (exact) mass is 491 g/mol. The molecule has 11 heteroatoms. The SMILES string of the molecule is NC1CN(c2nc(O)c(C(=Cc3ccc(Cl)cc3C(F)(F)F)c3ccc4[nH]ncc4c3)s2)C1. The number of fused-ring (bicyclic) bond motifs is 1. The Kier molecular flexibility index (Phi) is 5.31. The lowest BCUT2D eigenvalue weighted by molar-refractivity contribution is -0.137. The van der Waals surface area contributed by atoms with Crippen LogP contribution >= 0.6 is 22.9 Å². The summed E-state index contributed by atoms with van der Waals surface area (Å²) in [6, 6.07) is 8.98. The van der Waals surface area contributed by atoms with E-state index in [1.807, 2.05) is 4.90 Å². The van der Waals surface area contributed by atoms with Crippen LogP contribution in [0.1, 0.15) is 21.6 Å². The average Bonchev–Trinajstić information content (AvgIpc) is 3.35. The number of benzene rings is 2. The number of alkyl halides is 3. The lowest BCUT2D eigenvalue weighted by Crippen LogP contribution is -2.55. The van der Waals surface area contributed by atoms with Gasteiger partial charge in [0, 0.05) is 35.1 Å². The Morgan fingerprint density at radius 3 is 2.76 bits per heavy atom. The number of nitrogens with zero attached hydrogens (tertiary/aromatic N) is 3. The van der Waals surface area contributed by atoms with E-state index in [2.05, 4.69) is 15.2 Å². The molecule has 0 amide bonds. The van der Waals surface area contributed by atoms with Crippen LogP contribution in [0.2, 0.25) is 5.02 Å². The molecule has 0 radical (unpaired) electrons. The van der Waals surface area contributed by atoms with Gasteiger partial charge >= 0.3 is 6.18 Å². The van der Waals surface area contributed by atoms with Gasteiger partial charge in [0.2, 0.25) is 5.88 Å². The topological polar surface area (TPSA) is 91.1 Å². The molecule has 1 aliphatic rings. The normalized spacial score (nSPS) is 15.3. The molecule has 0 aliphatic carbocycles. The van der Waals surface area contributed by atoms with Crippen LogP contribution < -0.4 is 10.6 Å². The first-order valence-corrected chi connectivity index (χ1v) is 11.1. The van der Waals surface area contributed by atoms with Crippen molar-refractivity contribution in [1.82, 2.24) is 15.2 Å². The van der Waals surface area contributed by atoms with Gasteiger partial charge in [-0.1, -0.05) is 35.1 Å². The molecule has 2 aromatic carbocycles. The molecule has 1 saturated heterocycles. The van der Waals surface area contributed by atoms with Crippen molar-refractivity contribution in [3.8, 4) is 5.88 Å². The summed E-state index contributed by atoms with van der Waals surface area (Å²) >= 11 is 7.05. The number of hydrogen-bond donors (Lipinski definition) is 3. The molecule has 4 aromatic rings. The summed E-state index contributed by atoms with van der Waals surface area (Å²) in [6.45, 7) is 1.20. The maximum atomic E-state index is 13.8. The summed E-state index contributed by atoms with van der Waals surface area (Å²) in [5, 5.41) is 18.8. The van der Waals surface area contributed by atoms with Gasteiger partial charge in [-0.15, -0.1) is 0 Å². The third-order valence-electron chi connectivity index (χ3n) is 5.39. The highest BCUT2D eigenvalue weighted by Crippen LogP contribution is 2.43.